The molecule has 1 aromatic heterocycles. The third-order valence-corrected chi connectivity index (χ3v) is 4.44. The number of nitrogens with zero attached hydrogens (tertiary/aromatic N) is 2. The van der Waals surface area contributed by atoms with E-state index >= 15 is 0 Å². The molecule has 0 saturated heterocycles. The number of hydrogen-bond donors (Lipinski definition) is 0. The highest BCUT2D eigenvalue weighted by molar-refractivity contribution is 9.10. The summed E-state index contributed by atoms with van der Waals surface area (Å²) in [6.45, 7) is -2.39. The fraction of sp³-hybridized carbons (Fsp3) is 0.143. The molecule has 0 saturated carbocycles. The molecule has 0 aliphatic rings. The Morgan fingerprint density at radius 2 is 2.00 bits per heavy atom. The summed E-state index contributed by atoms with van der Waals surface area (Å²) in [6, 6.07) is 11.1. The van der Waals surface area contributed by atoms with E-state index in [4.69, 9.17) is 4.74 Å². The number of hydrogen-bond acceptors (Lipinski definition) is 4. The Kier molecular flexibility index (Phi) is 6.77. The number of benzene rings is 2. The van der Waals surface area contributed by atoms with Crippen molar-refractivity contribution in [1.29, 1.82) is 0 Å². The van der Waals surface area contributed by atoms with Gasteiger partial charge in [-0.1, -0.05) is 12.1 Å². The van der Waals surface area contributed by atoms with E-state index in [1.54, 1.807) is 24.1 Å². The highest BCUT2D eigenvalue weighted by atomic mass is 79.9. The molecule has 0 amide bonds. The summed E-state index contributed by atoms with van der Waals surface area (Å²) in [5.41, 5.74) is 2.10. The van der Waals surface area contributed by atoms with E-state index < -0.39 is 6.61 Å². The number of methoxy groups -OCH3 is 1. The molecule has 0 N–H and O–H groups in total. The van der Waals surface area contributed by atoms with Crippen molar-refractivity contribution in [2.75, 3.05) is 7.11 Å². The molecule has 3 rings (SSSR count). The predicted octanol–water partition coefficient (Wildman–Crippen LogP) is 5.20. The van der Waals surface area contributed by atoms with Gasteiger partial charge < -0.3 is 9.47 Å². The number of ether oxygens (including phenoxy) is 2. The Labute approximate surface area is 174 Å². The molecule has 29 heavy (non-hydrogen) atoms. The SMILES string of the molecule is COc1ccc(/C=C/C(=O)c2ccc(OC(F)F)cc2)cc1Cn1cc(Br)cn1. The number of allylic oxidation sites excluding steroid dienone is 1. The van der Waals surface area contributed by atoms with Crippen LogP contribution in [0.4, 0.5) is 8.78 Å². The molecule has 5 nitrogen and oxygen atoms in total. The van der Waals surface area contributed by atoms with E-state index in [0.717, 1.165) is 21.3 Å². The van der Waals surface area contributed by atoms with Crippen LogP contribution in [0.1, 0.15) is 21.5 Å². The first-order valence-electron chi connectivity index (χ1n) is 8.57. The zero-order valence-corrected chi connectivity index (χ0v) is 17.0. The average Bonchev–Trinajstić information content (AvgIpc) is 3.11. The molecule has 0 fully saturated rings. The monoisotopic (exact) mass is 462 g/mol. The number of carbonyl (C=O) groups is 1. The van der Waals surface area contributed by atoms with Crippen molar-refractivity contribution in [2.24, 2.45) is 0 Å². The lowest BCUT2D eigenvalue weighted by Crippen LogP contribution is -2.03. The highest BCUT2D eigenvalue weighted by Crippen LogP contribution is 2.22. The van der Waals surface area contributed by atoms with E-state index in [1.165, 1.54) is 30.3 Å². The van der Waals surface area contributed by atoms with Crippen LogP contribution in [0.15, 0.2) is 65.4 Å². The van der Waals surface area contributed by atoms with Crippen molar-refractivity contribution in [3.63, 3.8) is 0 Å². The fourth-order valence-electron chi connectivity index (χ4n) is 2.69. The molecule has 8 heteroatoms. The summed E-state index contributed by atoms with van der Waals surface area (Å²) in [7, 11) is 1.60. The van der Waals surface area contributed by atoms with Gasteiger partial charge in [0.2, 0.25) is 0 Å². The second kappa shape index (κ2) is 9.47. The van der Waals surface area contributed by atoms with Crippen LogP contribution in [0.3, 0.4) is 0 Å². The fourth-order valence-corrected chi connectivity index (χ4v) is 3.02. The Hall–Kier alpha value is -3.00. The summed E-state index contributed by atoms with van der Waals surface area (Å²) in [4.78, 5) is 12.3. The van der Waals surface area contributed by atoms with Crippen LogP contribution in [-0.2, 0) is 6.54 Å². The lowest BCUT2D eigenvalue weighted by Gasteiger charge is -2.10. The molecule has 0 radical (unpaired) electrons. The van der Waals surface area contributed by atoms with Crippen molar-refractivity contribution in [1.82, 2.24) is 9.78 Å². The molecule has 150 valence electrons. The lowest BCUT2D eigenvalue weighted by molar-refractivity contribution is -0.0498. The van der Waals surface area contributed by atoms with Crippen LogP contribution < -0.4 is 9.47 Å². The van der Waals surface area contributed by atoms with Gasteiger partial charge in [0.1, 0.15) is 11.5 Å². The van der Waals surface area contributed by atoms with Crippen LogP contribution in [0.2, 0.25) is 0 Å². The summed E-state index contributed by atoms with van der Waals surface area (Å²) in [5, 5.41) is 4.24. The van der Waals surface area contributed by atoms with Gasteiger partial charge in [-0.15, -0.1) is 0 Å². The number of ketones is 1. The molecule has 0 unspecified atom stereocenters. The Morgan fingerprint density at radius 1 is 1.24 bits per heavy atom. The quantitative estimate of drug-likeness (QED) is 0.341. The van der Waals surface area contributed by atoms with Crippen molar-refractivity contribution in [3.05, 3.63) is 82.1 Å². The van der Waals surface area contributed by atoms with E-state index in [2.05, 4.69) is 25.8 Å². The first-order chi connectivity index (χ1) is 13.9. The van der Waals surface area contributed by atoms with E-state index in [-0.39, 0.29) is 11.5 Å². The number of alkyl halides is 2. The van der Waals surface area contributed by atoms with Gasteiger partial charge in [0.15, 0.2) is 5.78 Å². The minimum absolute atomic E-state index is 0.00517. The average molecular weight is 463 g/mol. The maximum absolute atomic E-state index is 12.3. The van der Waals surface area contributed by atoms with Gasteiger partial charge in [-0.3, -0.25) is 9.48 Å². The first-order valence-corrected chi connectivity index (χ1v) is 9.36. The van der Waals surface area contributed by atoms with E-state index in [0.29, 0.717) is 12.1 Å². The third kappa shape index (κ3) is 5.74. The van der Waals surface area contributed by atoms with Crippen molar-refractivity contribution in [2.45, 2.75) is 13.2 Å². The molecular weight excluding hydrogens is 446 g/mol. The number of halogens is 3. The van der Waals surface area contributed by atoms with Crippen molar-refractivity contribution in [3.8, 4) is 11.5 Å². The third-order valence-electron chi connectivity index (χ3n) is 4.03. The first kappa shape index (κ1) is 20.7. The van der Waals surface area contributed by atoms with Gasteiger partial charge in [-0.2, -0.15) is 13.9 Å². The second-order valence-electron chi connectivity index (χ2n) is 6.03. The summed E-state index contributed by atoms with van der Waals surface area (Å²) in [5.74, 6) is 0.474. The van der Waals surface area contributed by atoms with E-state index in [1.807, 2.05) is 24.4 Å². The lowest BCUT2D eigenvalue weighted by atomic mass is 10.1. The van der Waals surface area contributed by atoms with Gasteiger partial charge in [-0.25, -0.2) is 0 Å². The molecule has 0 spiro atoms. The minimum atomic E-state index is -2.90. The highest BCUT2D eigenvalue weighted by Gasteiger charge is 2.08. The smallest absolute Gasteiger partial charge is 0.387 e. The maximum Gasteiger partial charge on any atom is 0.387 e. The van der Waals surface area contributed by atoms with Crippen LogP contribution >= 0.6 is 15.9 Å². The largest absolute Gasteiger partial charge is 0.496 e. The zero-order valence-electron chi connectivity index (χ0n) is 15.4. The molecule has 0 bridgehead atoms. The van der Waals surface area contributed by atoms with Crippen LogP contribution in [0, 0.1) is 0 Å². The summed E-state index contributed by atoms with van der Waals surface area (Å²) < 4.78 is 36.7. The van der Waals surface area contributed by atoms with Gasteiger partial charge >= 0.3 is 6.61 Å². The molecule has 2 aromatic carbocycles. The molecule has 1 heterocycles. The maximum atomic E-state index is 12.3. The Balaban J connectivity index is 1.74. The minimum Gasteiger partial charge on any atom is -0.496 e. The van der Waals surface area contributed by atoms with Crippen LogP contribution in [-0.4, -0.2) is 29.3 Å². The topological polar surface area (TPSA) is 53.4 Å². The molecular formula is C21H17BrF2N2O3. The van der Waals surface area contributed by atoms with Crippen molar-refractivity contribution < 1.29 is 23.0 Å². The second-order valence-corrected chi connectivity index (χ2v) is 6.94. The standard InChI is InChI=1S/C21H17BrF2N2O3/c1-28-20-9-3-14(10-16(20)12-26-13-17(22)11-25-26)2-8-19(27)15-4-6-18(7-5-15)29-21(23)24/h2-11,13,21H,12H2,1H3/b8-2+. The van der Waals surface area contributed by atoms with Crippen molar-refractivity contribution >= 4 is 27.8 Å². The molecule has 0 aliphatic carbocycles. The molecule has 0 aliphatic heterocycles. The Bertz CT molecular complexity index is 1020. The summed E-state index contributed by atoms with van der Waals surface area (Å²) in [6.07, 6.45) is 6.67. The molecule has 0 atom stereocenters. The Morgan fingerprint density at radius 3 is 2.62 bits per heavy atom. The number of carbonyl (C=O) groups excluding carboxylic acids is 1. The number of rotatable bonds is 8. The van der Waals surface area contributed by atoms with Crippen LogP contribution in [0.5, 0.6) is 11.5 Å². The number of aromatic nitrogens is 2. The van der Waals surface area contributed by atoms with Crippen LogP contribution in [0.25, 0.3) is 6.08 Å². The van der Waals surface area contributed by atoms with Gasteiger partial charge in [0, 0.05) is 17.3 Å². The van der Waals surface area contributed by atoms with Gasteiger partial charge in [0.25, 0.3) is 0 Å². The van der Waals surface area contributed by atoms with Gasteiger partial charge in [-0.05, 0) is 64.0 Å². The summed E-state index contributed by atoms with van der Waals surface area (Å²) >= 11 is 3.37. The normalized spacial score (nSPS) is 11.2. The predicted molar refractivity (Wildman–Crippen MR) is 108 cm³/mol. The molecule has 3 aromatic rings. The zero-order chi connectivity index (χ0) is 20.8. The van der Waals surface area contributed by atoms with E-state index in [9.17, 15) is 13.6 Å². The van der Waals surface area contributed by atoms with Gasteiger partial charge in [0.05, 0.1) is 24.3 Å².